The van der Waals surface area contributed by atoms with Crippen LogP contribution >= 0.6 is 11.6 Å². The summed E-state index contributed by atoms with van der Waals surface area (Å²) in [6.07, 6.45) is -4.86. The number of hydrogen-bond donors (Lipinski definition) is 1. The number of rotatable bonds is 6. The zero-order valence-electron chi connectivity index (χ0n) is 10.2. The molecule has 114 valence electrons. The molecular weight excluding hydrogens is 323 g/mol. The third-order valence-corrected chi connectivity index (χ3v) is 3.60. The first-order valence-corrected chi connectivity index (χ1v) is 7.04. The number of benzene rings is 1. The van der Waals surface area contributed by atoms with E-state index in [1.807, 2.05) is 0 Å². The lowest BCUT2D eigenvalue weighted by Gasteiger charge is -2.14. The Balaban J connectivity index is 3.06. The monoisotopic (exact) mass is 333 g/mol. The van der Waals surface area contributed by atoms with Gasteiger partial charge in [-0.05, 0) is 18.2 Å². The van der Waals surface area contributed by atoms with Crippen molar-refractivity contribution in [3.05, 3.63) is 28.8 Å². The minimum Gasteiger partial charge on any atom is -0.382 e. The second kappa shape index (κ2) is 6.72. The number of hydrogen-bond acceptors (Lipinski definition) is 4. The van der Waals surface area contributed by atoms with Crippen molar-refractivity contribution in [2.75, 3.05) is 20.3 Å². The molecule has 0 heterocycles. The number of alkyl halides is 3. The summed E-state index contributed by atoms with van der Waals surface area (Å²) in [5.74, 6) is 0. The smallest absolute Gasteiger partial charge is 0.382 e. The van der Waals surface area contributed by atoms with Crippen LogP contribution in [0.1, 0.15) is 5.56 Å². The molecule has 1 N–H and O–H groups in total. The van der Waals surface area contributed by atoms with E-state index < -0.39 is 26.7 Å². The van der Waals surface area contributed by atoms with Crippen molar-refractivity contribution >= 4 is 21.6 Å². The fourth-order valence-electron chi connectivity index (χ4n) is 1.25. The molecule has 0 atom stereocenters. The largest absolute Gasteiger partial charge is 0.417 e. The van der Waals surface area contributed by atoms with Crippen LogP contribution in [-0.4, -0.2) is 28.7 Å². The Hall–Kier alpha value is -0.870. The van der Waals surface area contributed by atoms with Crippen LogP contribution in [0, 0.1) is 0 Å². The molecule has 0 aliphatic carbocycles. The van der Waals surface area contributed by atoms with Crippen LogP contribution in [-0.2, 0) is 25.8 Å². The van der Waals surface area contributed by atoms with Gasteiger partial charge >= 0.3 is 6.18 Å². The minimum absolute atomic E-state index is 0.0786. The van der Waals surface area contributed by atoms with Crippen molar-refractivity contribution in [2.24, 2.45) is 0 Å². The Kier molecular flexibility index (Phi) is 5.78. The van der Waals surface area contributed by atoms with Gasteiger partial charge in [-0.3, -0.25) is 4.84 Å². The van der Waals surface area contributed by atoms with Gasteiger partial charge in [-0.15, -0.1) is 0 Å². The number of methoxy groups -OCH3 is 1. The van der Waals surface area contributed by atoms with E-state index in [-0.39, 0.29) is 18.2 Å². The van der Waals surface area contributed by atoms with E-state index in [1.165, 1.54) is 7.11 Å². The molecule has 0 aliphatic rings. The number of sulfonamides is 1. The molecule has 0 unspecified atom stereocenters. The predicted octanol–water partition coefficient (Wildman–Crippen LogP) is 2.22. The topological polar surface area (TPSA) is 64.6 Å². The summed E-state index contributed by atoms with van der Waals surface area (Å²) >= 11 is 5.46. The normalized spacial score (nSPS) is 12.7. The van der Waals surface area contributed by atoms with Crippen molar-refractivity contribution in [1.29, 1.82) is 0 Å². The summed E-state index contributed by atoms with van der Waals surface area (Å²) < 4.78 is 66.5. The Bertz CT molecular complexity index is 562. The maximum absolute atomic E-state index is 12.8. The van der Waals surface area contributed by atoms with Crippen LogP contribution in [0.25, 0.3) is 0 Å². The fourth-order valence-corrected chi connectivity index (χ4v) is 2.46. The summed E-state index contributed by atoms with van der Waals surface area (Å²) in [5, 5.41) is -0.225. The fraction of sp³-hybridized carbons (Fsp3) is 0.400. The Morgan fingerprint density at radius 2 is 1.95 bits per heavy atom. The molecule has 20 heavy (non-hydrogen) atoms. The molecule has 0 amide bonds. The Morgan fingerprint density at radius 1 is 1.30 bits per heavy atom. The van der Waals surface area contributed by atoms with Gasteiger partial charge in [-0.25, -0.2) is 8.42 Å². The van der Waals surface area contributed by atoms with E-state index in [1.54, 1.807) is 4.89 Å². The molecule has 10 heteroatoms. The highest BCUT2D eigenvalue weighted by atomic mass is 35.5. The SMILES string of the molecule is COCCONS(=O)(=O)c1ccc(Cl)cc1C(F)(F)F. The molecule has 1 aromatic rings. The van der Waals surface area contributed by atoms with Gasteiger partial charge in [0.05, 0.1) is 23.7 Å². The standard InChI is InChI=1S/C10H11ClF3NO4S/c1-18-4-5-19-15-20(16,17)9-3-2-7(11)6-8(9)10(12,13)14/h2-3,6,15H,4-5H2,1H3. The third kappa shape index (κ3) is 4.60. The maximum Gasteiger partial charge on any atom is 0.417 e. The number of nitrogens with one attached hydrogen (secondary N) is 1. The van der Waals surface area contributed by atoms with Gasteiger partial charge in [0.25, 0.3) is 10.0 Å². The molecule has 0 saturated heterocycles. The molecule has 0 aromatic heterocycles. The zero-order chi connectivity index (χ0) is 15.4. The van der Waals surface area contributed by atoms with Crippen LogP contribution in [0.15, 0.2) is 23.1 Å². The van der Waals surface area contributed by atoms with E-state index in [0.29, 0.717) is 6.07 Å². The van der Waals surface area contributed by atoms with Gasteiger partial charge in [0, 0.05) is 12.1 Å². The first-order chi connectivity index (χ1) is 9.18. The summed E-state index contributed by atoms with van der Waals surface area (Å²) in [7, 11) is -3.12. The minimum atomic E-state index is -4.86. The first kappa shape index (κ1) is 17.2. The van der Waals surface area contributed by atoms with Crippen LogP contribution in [0.4, 0.5) is 13.2 Å². The first-order valence-electron chi connectivity index (χ1n) is 5.18. The molecule has 1 rings (SSSR count). The molecule has 0 fully saturated rings. The van der Waals surface area contributed by atoms with Crippen molar-refractivity contribution in [3.63, 3.8) is 0 Å². The average Bonchev–Trinajstić information content (AvgIpc) is 2.33. The van der Waals surface area contributed by atoms with Crippen molar-refractivity contribution in [1.82, 2.24) is 4.89 Å². The molecule has 0 bridgehead atoms. The van der Waals surface area contributed by atoms with E-state index in [4.69, 9.17) is 11.6 Å². The summed E-state index contributed by atoms with van der Waals surface area (Å²) in [4.78, 5) is 5.15. The lowest BCUT2D eigenvalue weighted by atomic mass is 10.2. The van der Waals surface area contributed by atoms with Gasteiger partial charge in [0.1, 0.15) is 0 Å². The van der Waals surface area contributed by atoms with Gasteiger partial charge < -0.3 is 4.74 Å². The third-order valence-electron chi connectivity index (χ3n) is 2.09. The predicted molar refractivity (Wildman–Crippen MR) is 64.6 cm³/mol. The van der Waals surface area contributed by atoms with Crippen molar-refractivity contribution < 1.29 is 31.2 Å². The second-order valence-electron chi connectivity index (χ2n) is 3.57. The highest BCUT2D eigenvalue weighted by Crippen LogP contribution is 2.35. The summed E-state index contributed by atoms with van der Waals surface area (Å²) in [6.45, 7) is -0.0695. The Labute approximate surface area is 118 Å². The van der Waals surface area contributed by atoms with Crippen LogP contribution in [0.2, 0.25) is 5.02 Å². The second-order valence-corrected chi connectivity index (χ2v) is 5.62. The quantitative estimate of drug-likeness (QED) is 0.640. The molecule has 5 nitrogen and oxygen atoms in total. The van der Waals surface area contributed by atoms with Gasteiger partial charge in [-0.1, -0.05) is 16.5 Å². The van der Waals surface area contributed by atoms with E-state index >= 15 is 0 Å². The highest BCUT2D eigenvalue weighted by Gasteiger charge is 2.37. The zero-order valence-corrected chi connectivity index (χ0v) is 11.8. The number of halogens is 4. The molecule has 0 radical (unpaired) electrons. The van der Waals surface area contributed by atoms with Gasteiger partial charge in [0.15, 0.2) is 0 Å². The molecule has 0 aliphatic heterocycles. The van der Waals surface area contributed by atoms with Crippen molar-refractivity contribution in [3.8, 4) is 0 Å². The molecule has 0 saturated carbocycles. The molecular formula is C10H11ClF3NO4S. The van der Waals surface area contributed by atoms with Crippen LogP contribution in [0.5, 0.6) is 0 Å². The van der Waals surface area contributed by atoms with E-state index in [2.05, 4.69) is 9.57 Å². The summed E-state index contributed by atoms with van der Waals surface area (Å²) in [5.41, 5.74) is -1.37. The Morgan fingerprint density at radius 3 is 2.50 bits per heavy atom. The van der Waals surface area contributed by atoms with Crippen molar-refractivity contribution in [2.45, 2.75) is 11.1 Å². The highest BCUT2D eigenvalue weighted by molar-refractivity contribution is 7.89. The van der Waals surface area contributed by atoms with Gasteiger partial charge in [-0.2, -0.15) is 13.2 Å². The van der Waals surface area contributed by atoms with E-state index in [9.17, 15) is 21.6 Å². The van der Waals surface area contributed by atoms with Crippen LogP contribution < -0.4 is 4.89 Å². The molecule has 1 aromatic carbocycles. The lowest BCUT2D eigenvalue weighted by molar-refractivity contribution is -0.139. The van der Waals surface area contributed by atoms with Gasteiger partial charge in [0.2, 0.25) is 0 Å². The lowest BCUT2D eigenvalue weighted by Crippen LogP contribution is -2.28. The molecule has 0 spiro atoms. The average molecular weight is 334 g/mol. The summed E-state index contributed by atoms with van der Waals surface area (Å²) in [6, 6.07) is 2.33. The van der Waals surface area contributed by atoms with Crippen LogP contribution in [0.3, 0.4) is 0 Å². The van der Waals surface area contributed by atoms with E-state index in [0.717, 1.165) is 12.1 Å². The maximum atomic E-state index is 12.8. The number of ether oxygens (including phenoxy) is 1.